The van der Waals surface area contributed by atoms with E-state index in [1.54, 1.807) is 0 Å². The molecule has 0 amide bonds. The Hall–Kier alpha value is -2.27. The summed E-state index contributed by atoms with van der Waals surface area (Å²) in [6.45, 7) is -0.0557. The minimum Gasteiger partial charge on any atom is -0.481 e. The molecule has 2 heterocycles. The topological polar surface area (TPSA) is 183 Å². The summed E-state index contributed by atoms with van der Waals surface area (Å²) in [4.78, 5) is 37.0. The molecule has 0 spiro atoms. The molecular formula is C13H19N4O8P. The Morgan fingerprint density at radius 3 is 2.77 bits per heavy atom. The number of aliphatic carboxylic acids is 2. The highest BCUT2D eigenvalue weighted by Gasteiger charge is 2.36. The molecule has 144 valence electrons. The fourth-order valence-corrected chi connectivity index (χ4v) is 3.97. The minimum atomic E-state index is -3.61. The van der Waals surface area contributed by atoms with E-state index in [-0.39, 0.29) is 25.4 Å². The van der Waals surface area contributed by atoms with Crippen molar-refractivity contribution in [2.24, 2.45) is 0 Å². The Labute approximate surface area is 147 Å². The first kappa shape index (κ1) is 20.0. The highest BCUT2D eigenvalue weighted by molar-refractivity contribution is 7.56. The zero-order valence-electron chi connectivity index (χ0n) is 13.6. The number of nitrogens with zero attached hydrogens (tertiary/aromatic N) is 2. The first-order valence-electron chi connectivity index (χ1n) is 7.59. The molecule has 2 unspecified atom stereocenters. The highest BCUT2D eigenvalue weighted by atomic mass is 31.2. The van der Waals surface area contributed by atoms with Crippen molar-refractivity contribution in [2.45, 2.75) is 31.5 Å². The summed E-state index contributed by atoms with van der Waals surface area (Å²) in [5.74, 6) is -2.42. The first-order chi connectivity index (χ1) is 12.2. The van der Waals surface area contributed by atoms with Gasteiger partial charge in [0.2, 0.25) is 0 Å². The maximum atomic E-state index is 12.5. The van der Waals surface area contributed by atoms with Gasteiger partial charge in [-0.1, -0.05) is 0 Å². The van der Waals surface area contributed by atoms with Crippen molar-refractivity contribution in [1.29, 1.82) is 0 Å². The number of rotatable bonds is 8. The third-order valence-electron chi connectivity index (χ3n) is 3.54. The fraction of sp³-hybridized carbons (Fsp3) is 0.538. The van der Waals surface area contributed by atoms with Crippen LogP contribution >= 0.6 is 7.52 Å². The van der Waals surface area contributed by atoms with Crippen molar-refractivity contribution in [3.05, 3.63) is 22.7 Å². The number of ether oxygens (including phenoxy) is 1. The molecule has 1 aromatic rings. The molecule has 1 aliphatic rings. The normalized spacial score (nSPS) is 24.1. The van der Waals surface area contributed by atoms with E-state index in [1.165, 1.54) is 16.8 Å². The van der Waals surface area contributed by atoms with E-state index in [0.717, 1.165) is 0 Å². The minimum absolute atomic E-state index is 0.0850. The number of hydrogen-bond donors (Lipinski definition) is 4. The SMILES string of the molecule is Nc1ccn(C[C@H]2COP(=O)(NC(CCC(=O)O)C(=O)O)CO2)c(=O)n1. The zero-order chi connectivity index (χ0) is 19.3. The van der Waals surface area contributed by atoms with Gasteiger partial charge in [0, 0.05) is 12.6 Å². The van der Waals surface area contributed by atoms with Gasteiger partial charge in [0.25, 0.3) is 7.52 Å². The van der Waals surface area contributed by atoms with Crippen LogP contribution in [-0.4, -0.2) is 56.8 Å². The van der Waals surface area contributed by atoms with Crippen molar-refractivity contribution in [1.82, 2.24) is 14.6 Å². The number of hydrogen-bond acceptors (Lipinski definition) is 8. The second kappa shape index (κ2) is 8.41. The van der Waals surface area contributed by atoms with Gasteiger partial charge < -0.3 is 25.2 Å². The average Bonchev–Trinajstić information content (AvgIpc) is 2.56. The van der Waals surface area contributed by atoms with E-state index in [9.17, 15) is 18.9 Å². The van der Waals surface area contributed by atoms with Crippen LogP contribution in [0.2, 0.25) is 0 Å². The van der Waals surface area contributed by atoms with Crippen LogP contribution in [0.15, 0.2) is 17.1 Å². The number of aromatic nitrogens is 2. The van der Waals surface area contributed by atoms with E-state index in [2.05, 4.69) is 10.1 Å². The van der Waals surface area contributed by atoms with Crippen molar-refractivity contribution >= 4 is 25.3 Å². The Kier molecular flexibility index (Phi) is 6.48. The Morgan fingerprint density at radius 2 is 2.23 bits per heavy atom. The lowest BCUT2D eigenvalue weighted by molar-refractivity contribution is -0.140. The van der Waals surface area contributed by atoms with Crippen LogP contribution in [0.25, 0.3) is 0 Å². The molecule has 0 aliphatic carbocycles. The monoisotopic (exact) mass is 390 g/mol. The van der Waals surface area contributed by atoms with Crippen molar-refractivity contribution in [3.8, 4) is 0 Å². The number of nitrogens with two attached hydrogens (primary N) is 1. The maximum absolute atomic E-state index is 12.5. The molecule has 26 heavy (non-hydrogen) atoms. The molecule has 0 saturated carbocycles. The molecule has 0 radical (unpaired) electrons. The molecule has 13 heteroatoms. The summed E-state index contributed by atoms with van der Waals surface area (Å²) in [6.07, 6.45) is -0.225. The molecule has 0 aromatic carbocycles. The van der Waals surface area contributed by atoms with Gasteiger partial charge in [-0.25, -0.2) is 9.88 Å². The van der Waals surface area contributed by atoms with E-state index < -0.39 is 50.1 Å². The van der Waals surface area contributed by atoms with Crippen LogP contribution < -0.4 is 16.5 Å². The van der Waals surface area contributed by atoms with Crippen LogP contribution in [0.1, 0.15) is 12.8 Å². The van der Waals surface area contributed by atoms with E-state index >= 15 is 0 Å². The van der Waals surface area contributed by atoms with Crippen LogP contribution in [0, 0.1) is 0 Å². The molecule has 1 saturated heterocycles. The van der Waals surface area contributed by atoms with Crippen LogP contribution in [0.3, 0.4) is 0 Å². The van der Waals surface area contributed by atoms with Gasteiger partial charge >= 0.3 is 17.6 Å². The molecule has 1 aliphatic heterocycles. The molecule has 0 bridgehead atoms. The molecule has 2 rings (SSSR count). The number of carbonyl (C=O) groups is 2. The van der Waals surface area contributed by atoms with Gasteiger partial charge in [-0.2, -0.15) is 4.98 Å². The summed E-state index contributed by atoms with van der Waals surface area (Å²) < 4.78 is 24.4. The number of carboxylic acids is 2. The molecule has 5 N–H and O–H groups in total. The standard InChI is InChI=1S/C13H19N4O8P/c14-10-3-4-17(13(22)15-10)5-8-6-25-26(23,7-24-8)16-9(12(20)21)1-2-11(18)19/h3-4,8-9H,1-2,5-7H2,(H,16,23)(H,18,19)(H,20,21)(H2,14,15,22)/t8-,9?,26?/m0/s1. The predicted molar refractivity (Wildman–Crippen MR) is 87.6 cm³/mol. The van der Waals surface area contributed by atoms with Crippen LogP contribution in [0.5, 0.6) is 0 Å². The molecular weight excluding hydrogens is 371 g/mol. The summed E-state index contributed by atoms with van der Waals surface area (Å²) in [6, 6.07) is 0.0956. The third kappa shape index (κ3) is 5.63. The maximum Gasteiger partial charge on any atom is 0.349 e. The van der Waals surface area contributed by atoms with Crippen molar-refractivity contribution in [2.75, 3.05) is 18.7 Å². The molecule has 1 fully saturated rings. The van der Waals surface area contributed by atoms with Gasteiger partial charge in [0.05, 0.1) is 13.2 Å². The molecule has 12 nitrogen and oxygen atoms in total. The third-order valence-corrected chi connectivity index (χ3v) is 5.30. The fourth-order valence-electron chi connectivity index (χ4n) is 2.22. The second-order valence-corrected chi connectivity index (χ2v) is 7.75. The largest absolute Gasteiger partial charge is 0.481 e. The second-order valence-electron chi connectivity index (χ2n) is 5.63. The number of nitrogens with one attached hydrogen (secondary N) is 1. The lowest BCUT2D eigenvalue weighted by Gasteiger charge is -2.31. The summed E-state index contributed by atoms with van der Waals surface area (Å²) in [7, 11) is -3.61. The molecule has 3 atom stereocenters. The van der Waals surface area contributed by atoms with Crippen LogP contribution in [-0.2, 0) is 30.0 Å². The smallest absolute Gasteiger partial charge is 0.349 e. The van der Waals surface area contributed by atoms with Crippen molar-refractivity contribution < 1.29 is 33.6 Å². The zero-order valence-corrected chi connectivity index (χ0v) is 14.5. The van der Waals surface area contributed by atoms with E-state index in [1.807, 2.05) is 0 Å². The summed E-state index contributed by atoms with van der Waals surface area (Å²) >= 11 is 0. The summed E-state index contributed by atoms with van der Waals surface area (Å²) in [5, 5.41) is 20.1. The van der Waals surface area contributed by atoms with E-state index in [4.69, 9.17) is 25.2 Å². The quantitative estimate of drug-likeness (QED) is 0.412. The van der Waals surface area contributed by atoms with Crippen molar-refractivity contribution in [3.63, 3.8) is 0 Å². The van der Waals surface area contributed by atoms with E-state index in [0.29, 0.717) is 0 Å². The van der Waals surface area contributed by atoms with Gasteiger partial charge in [-0.3, -0.25) is 18.7 Å². The van der Waals surface area contributed by atoms with Crippen LogP contribution in [0.4, 0.5) is 5.82 Å². The number of anilines is 1. The molecule has 1 aromatic heterocycles. The Bertz CT molecular complexity index is 770. The lowest BCUT2D eigenvalue weighted by Crippen LogP contribution is -2.41. The number of nitrogen functional groups attached to an aromatic ring is 1. The Balaban J connectivity index is 1.92. The number of carboxylic acid groups (broad SMARTS) is 2. The Morgan fingerprint density at radius 1 is 1.50 bits per heavy atom. The van der Waals surface area contributed by atoms with Gasteiger partial charge in [-0.15, -0.1) is 0 Å². The van der Waals surface area contributed by atoms with Gasteiger partial charge in [0.15, 0.2) is 0 Å². The van der Waals surface area contributed by atoms with Gasteiger partial charge in [0.1, 0.15) is 24.3 Å². The van der Waals surface area contributed by atoms with Gasteiger partial charge in [-0.05, 0) is 12.5 Å². The first-order valence-corrected chi connectivity index (χ1v) is 9.40. The average molecular weight is 390 g/mol. The predicted octanol–water partition coefficient (Wildman–Crippen LogP) is -0.701. The lowest BCUT2D eigenvalue weighted by atomic mass is 10.2. The summed E-state index contributed by atoms with van der Waals surface area (Å²) in [5.41, 5.74) is 4.83. The highest BCUT2D eigenvalue weighted by Crippen LogP contribution is 2.46.